The van der Waals surface area contributed by atoms with Crippen LogP contribution in [0.2, 0.25) is 0 Å². The molecule has 0 bridgehead atoms. The van der Waals surface area contributed by atoms with E-state index in [1.165, 1.54) is 4.40 Å². The predicted molar refractivity (Wildman–Crippen MR) is 82.2 cm³/mol. The average Bonchev–Trinajstić information content (AvgIpc) is 2.50. The van der Waals surface area contributed by atoms with Crippen LogP contribution in [0, 0.1) is 0 Å². The van der Waals surface area contributed by atoms with E-state index in [-0.39, 0.29) is 11.3 Å². The molecule has 1 aromatic carbocycles. The first kappa shape index (κ1) is 13.2. The molecule has 0 spiro atoms. The second-order valence-electron chi connectivity index (χ2n) is 4.67. The van der Waals surface area contributed by atoms with Gasteiger partial charge in [-0.15, -0.1) is 0 Å². The van der Waals surface area contributed by atoms with Crippen molar-refractivity contribution < 1.29 is 5.11 Å². The van der Waals surface area contributed by atoms with Gasteiger partial charge in [-0.1, -0.05) is 25.1 Å². The Labute approximate surface area is 121 Å². The largest absolute Gasteiger partial charge is 0.506 e. The Bertz CT molecular complexity index is 856. The highest BCUT2D eigenvalue weighted by Crippen LogP contribution is 2.26. The number of aromatic hydroxyl groups is 1. The molecule has 2 heterocycles. The van der Waals surface area contributed by atoms with Crippen molar-refractivity contribution in [1.29, 1.82) is 0 Å². The van der Waals surface area contributed by atoms with E-state index in [4.69, 9.17) is 0 Å². The maximum atomic E-state index is 12.5. The number of nitrogens with one attached hydrogen (secondary N) is 1. The van der Waals surface area contributed by atoms with Gasteiger partial charge >= 0.3 is 0 Å². The summed E-state index contributed by atoms with van der Waals surface area (Å²) in [6, 6.07) is 12.3. The van der Waals surface area contributed by atoms with E-state index in [1.54, 1.807) is 36.5 Å². The molecular weight excluding hydrogens is 266 g/mol. The zero-order chi connectivity index (χ0) is 14.8. The number of fused-ring (bicyclic) bond motifs is 1. The van der Waals surface area contributed by atoms with Crippen molar-refractivity contribution in [3.8, 4) is 5.75 Å². The minimum absolute atomic E-state index is 0.0963. The van der Waals surface area contributed by atoms with Crippen LogP contribution in [0.1, 0.15) is 12.5 Å². The van der Waals surface area contributed by atoms with Gasteiger partial charge in [0.2, 0.25) is 0 Å². The Morgan fingerprint density at radius 3 is 2.71 bits per heavy atom. The van der Waals surface area contributed by atoms with E-state index in [1.807, 2.05) is 19.1 Å². The van der Waals surface area contributed by atoms with E-state index in [9.17, 15) is 9.90 Å². The van der Waals surface area contributed by atoms with Crippen LogP contribution in [0.3, 0.4) is 0 Å². The maximum Gasteiger partial charge on any atom is 0.263 e. The molecule has 2 N–H and O–H groups in total. The molecule has 0 aliphatic carbocycles. The first-order valence-electron chi connectivity index (χ1n) is 6.76. The third-order valence-corrected chi connectivity index (χ3v) is 3.34. The van der Waals surface area contributed by atoms with Gasteiger partial charge in [-0.2, -0.15) is 0 Å². The predicted octanol–water partition coefficient (Wildman–Crippen LogP) is 2.71. The summed E-state index contributed by atoms with van der Waals surface area (Å²) in [6.45, 7) is 1.91. The summed E-state index contributed by atoms with van der Waals surface area (Å²) in [5.74, 6) is 0.602. The lowest BCUT2D eigenvalue weighted by Gasteiger charge is -2.12. The van der Waals surface area contributed by atoms with Crippen LogP contribution in [0.25, 0.3) is 5.65 Å². The molecule has 5 heteroatoms. The minimum Gasteiger partial charge on any atom is -0.506 e. The lowest BCUT2D eigenvalue weighted by molar-refractivity contribution is 0.477. The lowest BCUT2D eigenvalue weighted by atomic mass is 10.2. The molecule has 0 aliphatic rings. The number of pyridine rings is 1. The third-order valence-electron chi connectivity index (χ3n) is 3.34. The van der Waals surface area contributed by atoms with Crippen molar-refractivity contribution in [2.75, 3.05) is 5.32 Å². The minimum atomic E-state index is -0.0963. The van der Waals surface area contributed by atoms with Crippen LogP contribution in [-0.4, -0.2) is 14.5 Å². The molecule has 0 unspecified atom stereocenters. The molecule has 0 atom stereocenters. The van der Waals surface area contributed by atoms with Crippen molar-refractivity contribution in [3.63, 3.8) is 0 Å². The molecule has 3 rings (SSSR count). The van der Waals surface area contributed by atoms with Crippen molar-refractivity contribution in [3.05, 3.63) is 64.6 Å². The fourth-order valence-corrected chi connectivity index (χ4v) is 2.25. The Morgan fingerprint density at radius 1 is 1.19 bits per heavy atom. The number of hydrogen-bond donors (Lipinski definition) is 2. The molecular formula is C16H15N3O2. The van der Waals surface area contributed by atoms with Gasteiger partial charge < -0.3 is 10.4 Å². The van der Waals surface area contributed by atoms with E-state index in [2.05, 4.69) is 10.3 Å². The van der Waals surface area contributed by atoms with Gasteiger partial charge in [0.05, 0.1) is 11.3 Å². The SMILES string of the molecule is CCc1c(Nc2ccccc2O)nc2ccccn2c1=O. The molecule has 0 saturated heterocycles. The van der Waals surface area contributed by atoms with Gasteiger partial charge in [0.15, 0.2) is 0 Å². The summed E-state index contributed by atoms with van der Waals surface area (Å²) in [5, 5.41) is 12.9. The van der Waals surface area contributed by atoms with Gasteiger partial charge in [0.25, 0.3) is 5.56 Å². The van der Waals surface area contributed by atoms with Crippen LogP contribution in [0.5, 0.6) is 5.75 Å². The second-order valence-corrected chi connectivity index (χ2v) is 4.67. The van der Waals surface area contributed by atoms with Gasteiger partial charge in [-0.25, -0.2) is 4.98 Å². The van der Waals surface area contributed by atoms with Crippen LogP contribution < -0.4 is 10.9 Å². The first-order valence-corrected chi connectivity index (χ1v) is 6.76. The molecule has 3 aromatic rings. The van der Waals surface area contributed by atoms with Crippen molar-refractivity contribution in [2.45, 2.75) is 13.3 Å². The number of phenols is 1. The van der Waals surface area contributed by atoms with Gasteiger partial charge in [0.1, 0.15) is 17.2 Å². The van der Waals surface area contributed by atoms with Gasteiger partial charge in [-0.05, 0) is 30.7 Å². The van der Waals surface area contributed by atoms with E-state index in [0.717, 1.165) is 0 Å². The zero-order valence-electron chi connectivity index (χ0n) is 11.6. The normalized spacial score (nSPS) is 10.7. The molecule has 5 nitrogen and oxygen atoms in total. The standard InChI is InChI=1S/C16H15N3O2/c1-2-11-15(17-12-7-3-4-8-13(12)20)18-14-9-5-6-10-19(14)16(11)21/h3-10,17,20H,2H2,1H3. The number of aromatic nitrogens is 2. The first-order chi connectivity index (χ1) is 10.2. The monoisotopic (exact) mass is 281 g/mol. The van der Waals surface area contributed by atoms with E-state index >= 15 is 0 Å². The number of hydrogen-bond acceptors (Lipinski definition) is 4. The summed E-state index contributed by atoms with van der Waals surface area (Å²) in [5.41, 5.74) is 1.58. The number of anilines is 2. The van der Waals surface area contributed by atoms with E-state index < -0.39 is 0 Å². The molecule has 0 amide bonds. The highest BCUT2D eigenvalue weighted by Gasteiger charge is 2.12. The number of para-hydroxylation sites is 2. The average molecular weight is 281 g/mol. The number of rotatable bonds is 3. The van der Waals surface area contributed by atoms with Crippen LogP contribution in [-0.2, 0) is 6.42 Å². The molecule has 2 aromatic heterocycles. The Hall–Kier alpha value is -2.82. The third kappa shape index (κ3) is 2.33. The molecule has 21 heavy (non-hydrogen) atoms. The summed E-state index contributed by atoms with van der Waals surface area (Å²) in [7, 11) is 0. The molecule has 0 saturated carbocycles. The molecule has 0 aliphatic heterocycles. The highest BCUT2D eigenvalue weighted by atomic mass is 16.3. The van der Waals surface area contributed by atoms with Gasteiger partial charge in [-0.3, -0.25) is 9.20 Å². The van der Waals surface area contributed by atoms with Crippen LogP contribution in [0.15, 0.2) is 53.5 Å². The lowest BCUT2D eigenvalue weighted by Crippen LogP contribution is -2.21. The summed E-state index contributed by atoms with van der Waals surface area (Å²) >= 11 is 0. The fourth-order valence-electron chi connectivity index (χ4n) is 2.25. The van der Waals surface area contributed by atoms with Crippen LogP contribution >= 0.6 is 0 Å². The van der Waals surface area contributed by atoms with Crippen molar-refractivity contribution in [2.24, 2.45) is 0 Å². The second kappa shape index (κ2) is 5.28. The summed E-state index contributed by atoms with van der Waals surface area (Å²) in [6.07, 6.45) is 2.26. The summed E-state index contributed by atoms with van der Waals surface area (Å²) < 4.78 is 1.52. The number of nitrogens with zero attached hydrogens (tertiary/aromatic N) is 2. The fraction of sp³-hybridized carbons (Fsp3) is 0.125. The van der Waals surface area contributed by atoms with Crippen LogP contribution in [0.4, 0.5) is 11.5 Å². The Morgan fingerprint density at radius 2 is 1.95 bits per heavy atom. The zero-order valence-corrected chi connectivity index (χ0v) is 11.6. The molecule has 106 valence electrons. The van der Waals surface area contributed by atoms with Crippen molar-refractivity contribution in [1.82, 2.24) is 9.38 Å². The highest BCUT2D eigenvalue weighted by molar-refractivity contribution is 5.66. The summed E-state index contributed by atoms with van der Waals surface area (Å²) in [4.78, 5) is 17.0. The number of benzene rings is 1. The topological polar surface area (TPSA) is 66.6 Å². The smallest absolute Gasteiger partial charge is 0.263 e. The molecule has 0 fully saturated rings. The Balaban J connectivity index is 2.18. The van der Waals surface area contributed by atoms with Gasteiger partial charge in [0, 0.05) is 6.20 Å². The quantitative estimate of drug-likeness (QED) is 0.724. The number of phenolic OH excluding ortho intramolecular Hbond substituents is 1. The molecule has 0 radical (unpaired) electrons. The Kier molecular flexibility index (Phi) is 3.31. The maximum absolute atomic E-state index is 12.5. The van der Waals surface area contributed by atoms with E-state index in [0.29, 0.717) is 29.1 Å². The van der Waals surface area contributed by atoms with Crippen molar-refractivity contribution >= 4 is 17.2 Å².